The van der Waals surface area contributed by atoms with Gasteiger partial charge in [0.15, 0.2) is 0 Å². The number of aromatic hydroxyl groups is 1. The maximum atomic E-state index is 11.8. The van der Waals surface area contributed by atoms with Gasteiger partial charge < -0.3 is 16.2 Å². The second kappa shape index (κ2) is 4.45. The second-order valence-corrected chi connectivity index (χ2v) is 4.44. The van der Waals surface area contributed by atoms with Crippen molar-refractivity contribution in [2.24, 2.45) is 5.73 Å². The lowest BCUT2D eigenvalue weighted by atomic mass is 10.0. The first kappa shape index (κ1) is 13.0. The summed E-state index contributed by atoms with van der Waals surface area (Å²) < 4.78 is 0. The molecule has 0 fully saturated rings. The molecule has 0 aliphatic carbocycles. The summed E-state index contributed by atoms with van der Waals surface area (Å²) in [6.07, 6.45) is 0. The highest BCUT2D eigenvalue weighted by molar-refractivity contribution is 5.98. The van der Waals surface area contributed by atoms with E-state index in [0.717, 1.165) is 0 Å². The van der Waals surface area contributed by atoms with Crippen molar-refractivity contribution in [3.8, 4) is 5.75 Å². The van der Waals surface area contributed by atoms with E-state index < -0.39 is 17.4 Å². The normalized spacial score (nSPS) is 11.0. The van der Waals surface area contributed by atoms with Gasteiger partial charge >= 0.3 is 0 Å². The highest BCUT2D eigenvalue weighted by Gasteiger charge is 2.27. The molecule has 0 bridgehead atoms. The fourth-order valence-electron chi connectivity index (χ4n) is 1.17. The minimum atomic E-state index is -1.13. The monoisotopic (exact) mass is 236 g/mol. The van der Waals surface area contributed by atoms with E-state index in [0.29, 0.717) is 5.56 Å². The van der Waals surface area contributed by atoms with Gasteiger partial charge in [-0.15, -0.1) is 0 Å². The Morgan fingerprint density at radius 2 is 1.94 bits per heavy atom. The molecular weight excluding hydrogens is 220 g/mol. The molecule has 0 unspecified atom stereocenters. The summed E-state index contributed by atoms with van der Waals surface area (Å²) in [4.78, 5) is 22.9. The third kappa shape index (κ3) is 2.96. The number of carbonyl (C=O) groups excluding carboxylic acids is 2. The smallest absolute Gasteiger partial charge is 0.252 e. The minimum absolute atomic E-state index is 0.0366. The largest absolute Gasteiger partial charge is 0.508 e. The molecule has 0 spiro atoms. The number of amides is 2. The Morgan fingerprint density at radius 3 is 2.41 bits per heavy atom. The molecule has 1 aromatic rings. The third-order valence-electron chi connectivity index (χ3n) is 2.51. The molecular formula is C12H16N2O3. The molecule has 1 aromatic carbocycles. The molecule has 0 radical (unpaired) electrons. The van der Waals surface area contributed by atoms with Gasteiger partial charge in [-0.3, -0.25) is 9.59 Å². The number of phenolic OH excluding ortho intramolecular Hbond substituents is 1. The van der Waals surface area contributed by atoms with Crippen molar-refractivity contribution < 1.29 is 14.7 Å². The molecule has 17 heavy (non-hydrogen) atoms. The van der Waals surface area contributed by atoms with E-state index in [9.17, 15) is 14.7 Å². The second-order valence-electron chi connectivity index (χ2n) is 4.44. The molecule has 0 aromatic heterocycles. The van der Waals surface area contributed by atoms with Crippen LogP contribution in [0.15, 0.2) is 18.2 Å². The van der Waals surface area contributed by atoms with Gasteiger partial charge in [-0.25, -0.2) is 0 Å². The van der Waals surface area contributed by atoms with Crippen molar-refractivity contribution in [3.63, 3.8) is 0 Å². The average Bonchev–Trinajstić information content (AvgIpc) is 2.21. The molecule has 0 saturated heterocycles. The summed E-state index contributed by atoms with van der Waals surface area (Å²) in [6.45, 7) is 4.76. The van der Waals surface area contributed by atoms with Crippen molar-refractivity contribution in [1.82, 2.24) is 5.32 Å². The maximum Gasteiger partial charge on any atom is 0.252 e. The van der Waals surface area contributed by atoms with Crippen molar-refractivity contribution in [2.75, 3.05) is 0 Å². The van der Waals surface area contributed by atoms with E-state index in [-0.39, 0.29) is 11.3 Å². The van der Waals surface area contributed by atoms with E-state index in [1.165, 1.54) is 19.9 Å². The number of nitrogens with two attached hydrogens (primary N) is 1. The first-order valence-electron chi connectivity index (χ1n) is 5.16. The Balaban J connectivity index is 2.91. The molecule has 0 aliphatic heterocycles. The summed E-state index contributed by atoms with van der Waals surface area (Å²) in [6, 6.07) is 4.55. The predicted octanol–water partition coefficient (Wildman–Crippen LogP) is 0.694. The molecule has 2 amide bonds. The predicted molar refractivity (Wildman–Crippen MR) is 63.6 cm³/mol. The van der Waals surface area contributed by atoms with Crippen molar-refractivity contribution in [3.05, 3.63) is 29.3 Å². The lowest BCUT2D eigenvalue weighted by molar-refractivity contribution is -0.122. The van der Waals surface area contributed by atoms with E-state index in [1.54, 1.807) is 19.1 Å². The standard InChI is InChI=1S/C12H16N2O3/c1-7-4-5-8(6-9(7)15)10(16)14-12(2,3)11(13)17/h4-6,15H,1-3H3,(H2,13,17)(H,14,16). The van der Waals surface area contributed by atoms with Crippen molar-refractivity contribution in [2.45, 2.75) is 26.3 Å². The summed E-state index contributed by atoms with van der Waals surface area (Å²) >= 11 is 0. The molecule has 0 aliphatic rings. The molecule has 0 saturated carbocycles. The molecule has 5 heteroatoms. The Kier molecular flexibility index (Phi) is 3.41. The van der Waals surface area contributed by atoms with Crippen LogP contribution in [-0.2, 0) is 4.79 Å². The lowest BCUT2D eigenvalue weighted by Gasteiger charge is -2.22. The topological polar surface area (TPSA) is 92.4 Å². The number of primary amides is 1. The Hall–Kier alpha value is -2.04. The van der Waals surface area contributed by atoms with Gasteiger partial charge in [0.05, 0.1) is 0 Å². The first-order valence-corrected chi connectivity index (χ1v) is 5.16. The summed E-state index contributed by atoms with van der Waals surface area (Å²) in [5.74, 6) is -1.04. The molecule has 5 nitrogen and oxygen atoms in total. The lowest BCUT2D eigenvalue weighted by Crippen LogP contribution is -2.52. The minimum Gasteiger partial charge on any atom is -0.508 e. The van der Waals surface area contributed by atoms with Crippen LogP contribution in [0.2, 0.25) is 0 Å². The van der Waals surface area contributed by atoms with Crippen LogP contribution < -0.4 is 11.1 Å². The van der Waals surface area contributed by atoms with Gasteiger partial charge in [0.2, 0.25) is 5.91 Å². The van der Waals surface area contributed by atoms with E-state index >= 15 is 0 Å². The van der Waals surface area contributed by atoms with Crippen LogP contribution in [0, 0.1) is 6.92 Å². The van der Waals surface area contributed by atoms with Gasteiger partial charge in [-0.2, -0.15) is 0 Å². The van der Waals surface area contributed by atoms with Crippen molar-refractivity contribution >= 4 is 11.8 Å². The molecule has 0 heterocycles. The summed E-state index contributed by atoms with van der Waals surface area (Å²) in [5, 5.41) is 12.0. The molecule has 4 N–H and O–H groups in total. The van der Waals surface area contributed by atoms with Gasteiger partial charge in [0.25, 0.3) is 5.91 Å². The number of aryl methyl sites for hydroxylation is 1. The SMILES string of the molecule is Cc1ccc(C(=O)NC(C)(C)C(N)=O)cc1O. The van der Waals surface area contributed by atoms with Crippen LogP contribution in [-0.4, -0.2) is 22.5 Å². The van der Waals surface area contributed by atoms with Crippen LogP contribution in [0.1, 0.15) is 29.8 Å². The molecule has 92 valence electrons. The number of benzene rings is 1. The maximum absolute atomic E-state index is 11.8. The van der Waals surface area contributed by atoms with Crippen molar-refractivity contribution in [1.29, 1.82) is 0 Å². The quantitative estimate of drug-likeness (QED) is 0.721. The first-order chi connectivity index (χ1) is 7.74. The van der Waals surface area contributed by atoms with Crippen LogP contribution in [0.4, 0.5) is 0 Å². The highest BCUT2D eigenvalue weighted by atomic mass is 16.3. The Bertz CT molecular complexity index is 467. The van der Waals surface area contributed by atoms with Crippen LogP contribution in [0.3, 0.4) is 0 Å². The highest BCUT2D eigenvalue weighted by Crippen LogP contribution is 2.17. The van der Waals surface area contributed by atoms with Gasteiger partial charge in [0.1, 0.15) is 11.3 Å². The fraction of sp³-hybridized carbons (Fsp3) is 0.333. The summed E-state index contributed by atoms with van der Waals surface area (Å²) in [5.41, 5.74) is 4.98. The number of nitrogens with one attached hydrogen (secondary N) is 1. The van der Waals surface area contributed by atoms with Crippen LogP contribution >= 0.6 is 0 Å². The Morgan fingerprint density at radius 1 is 1.35 bits per heavy atom. The number of rotatable bonds is 3. The van der Waals surface area contributed by atoms with Gasteiger partial charge in [-0.05, 0) is 38.5 Å². The average molecular weight is 236 g/mol. The van der Waals surface area contributed by atoms with Crippen LogP contribution in [0.25, 0.3) is 0 Å². The summed E-state index contributed by atoms with van der Waals surface area (Å²) in [7, 11) is 0. The van der Waals surface area contributed by atoms with E-state index in [4.69, 9.17) is 5.73 Å². The van der Waals surface area contributed by atoms with Crippen LogP contribution in [0.5, 0.6) is 5.75 Å². The zero-order chi connectivity index (χ0) is 13.2. The zero-order valence-corrected chi connectivity index (χ0v) is 10.1. The third-order valence-corrected chi connectivity index (χ3v) is 2.51. The van der Waals surface area contributed by atoms with E-state index in [2.05, 4.69) is 5.32 Å². The number of carbonyl (C=O) groups is 2. The zero-order valence-electron chi connectivity index (χ0n) is 10.1. The Labute approximate surface area is 99.6 Å². The molecule has 0 atom stereocenters. The fourth-order valence-corrected chi connectivity index (χ4v) is 1.17. The van der Waals surface area contributed by atoms with Gasteiger partial charge in [-0.1, -0.05) is 6.07 Å². The number of phenols is 1. The van der Waals surface area contributed by atoms with E-state index in [1.807, 2.05) is 0 Å². The number of hydrogen-bond acceptors (Lipinski definition) is 3. The molecule has 1 rings (SSSR count). The van der Waals surface area contributed by atoms with Gasteiger partial charge in [0, 0.05) is 5.56 Å². The number of hydrogen-bond donors (Lipinski definition) is 3.